The van der Waals surface area contributed by atoms with E-state index in [1.807, 2.05) is 17.0 Å². The molecule has 108 valence electrons. The maximum Gasteiger partial charge on any atom is 0.227 e. The molecular formula is C17H24N2O. The molecule has 0 atom stereocenters. The van der Waals surface area contributed by atoms with Crippen molar-refractivity contribution in [2.24, 2.45) is 16.7 Å². The van der Waals surface area contributed by atoms with Crippen LogP contribution in [0.1, 0.15) is 38.8 Å². The molecule has 0 saturated heterocycles. The molecule has 3 nitrogen and oxygen atoms in total. The number of nitrogens with zero attached hydrogens (tertiary/aromatic N) is 1. The summed E-state index contributed by atoms with van der Waals surface area (Å²) in [7, 11) is 0. The Kier molecular flexibility index (Phi) is 2.69. The minimum atomic E-state index is 0.111. The van der Waals surface area contributed by atoms with E-state index >= 15 is 0 Å². The monoisotopic (exact) mass is 272 g/mol. The summed E-state index contributed by atoms with van der Waals surface area (Å²) in [5, 5.41) is 0. The lowest BCUT2D eigenvalue weighted by Crippen LogP contribution is -2.38. The number of benzene rings is 1. The van der Waals surface area contributed by atoms with E-state index in [2.05, 4.69) is 33.8 Å². The van der Waals surface area contributed by atoms with Gasteiger partial charge in [0.1, 0.15) is 0 Å². The van der Waals surface area contributed by atoms with Gasteiger partial charge in [-0.15, -0.1) is 0 Å². The van der Waals surface area contributed by atoms with E-state index in [9.17, 15) is 4.79 Å². The Hall–Kier alpha value is -1.51. The Bertz CT molecular complexity index is 560. The molecule has 0 unspecified atom stereocenters. The second-order valence-corrected chi connectivity index (χ2v) is 7.37. The summed E-state index contributed by atoms with van der Waals surface area (Å²) in [4.78, 5) is 14.8. The highest BCUT2D eigenvalue weighted by atomic mass is 16.2. The lowest BCUT2D eigenvalue weighted by atomic mass is 9.97. The van der Waals surface area contributed by atoms with Gasteiger partial charge in [-0.2, -0.15) is 0 Å². The van der Waals surface area contributed by atoms with Gasteiger partial charge in [-0.05, 0) is 34.4 Å². The van der Waals surface area contributed by atoms with E-state index in [1.54, 1.807) is 0 Å². The van der Waals surface area contributed by atoms with Gasteiger partial charge in [0.15, 0.2) is 0 Å². The summed E-state index contributed by atoms with van der Waals surface area (Å²) in [5.74, 6) is 0.464. The number of hydrogen-bond donors (Lipinski definition) is 1. The molecule has 3 rings (SSSR count). The summed E-state index contributed by atoms with van der Waals surface area (Å²) < 4.78 is 0. The number of anilines is 1. The molecule has 1 aromatic rings. The highest BCUT2D eigenvalue weighted by Crippen LogP contribution is 2.68. The van der Waals surface area contributed by atoms with E-state index < -0.39 is 0 Å². The minimum Gasteiger partial charge on any atom is -0.398 e. The van der Waals surface area contributed by atoms with E-state index in [-0.39, 0.29) is 16.7 Å². The van der Waals surface area contributed by atoms with Crippen LogP contribution in [-0.2, 0) is 17.8 Å². The van der Waals surface area contributed by atoms with Crippen molar-refractivity contribution in [3.05, 3.63) is 29.3 Å². The molecule has 1 heterocycles. The van der Waals surface area contributed by atoms with Gasteiger partial charge in [-0.1, -0.05) is 39.8 Å². The second kappa shape index (κ2) is 4.00. The van der Waals surface area contributed by atoms with Crippen molar-refractivity contribution >= 4 is 11.6 Å². The van der Waals surface area contributed by atoms with Gasteiger partial charge in [-0.25, -0.2) is 0 Å². The Morgan fingerprint density at radius 2 is 1.90 bits per heavy atom. The average molecular weight is 272 g/mol. The van der Waals surface area contributed by atoms with Gasteiger partial charge < -0.3 is 10.6 Å². The fraction of sp³-hybridized carbons (Fsp3) is 0.588. The van der Waals surface area contributed by atoms with E-state index in [0.717, 1.165) is 18.7 Å². The average Bonchev–Trinajstić information content (AvgIpc) is 2.79. The first-order valence-electron chi connectivity index (χ1n) is 7.42. The van der Waals surface area contributed by atoms with Crippen LogP contribution >= 0.6 is 0 Å². The SMILES string of the molecule is CC1(C)C(C(=O)N2CCc3c(N)cccc3C2)C1(C)C. The first kappa shape index (κ1) is 13.5. The molecule has 0 bridgehead atoms. The maximum atomic E-state index is 12.8. The van der Waals surface area contributed by atoms with Crippen molar-refractivity contribution in [2.75, 3.05) is 12.3 Å². The lowest BCUT2D eigenvalue weighted by Gasteiger charge is -2.30. The van der Waals surface area contributed by atoms with Crippen molar-refractivity contribution < 1.29 is 4.79 Å². The van der Waals surface area contributed by atoms with Gasteiger partial charge in [-0.3, -0.25) is 4.79 Å². The molecule has 20 heavy (non-hydrogen) atoms. The van der Waals surface area contributed by atoms with Gasteiger partial charge in [0.25, 0.3) is 0 Å². The predicted octanol–water partition coefficient (Wildman–Crippen LogP) is 2.84. The van der Waals surface area contributed by atoms with Crippen LogP contribution in [0.2, 0.25) is 0 Å². The van der Waals surface area contributed by atoms with Crippen LogP contribution in [0.5, 0.6) is 0 Å². The van der Waals surface area contributed by atoms with Crippen LogP contribution in [0.25, 0.3) is 0 Å². The number of fused-ring (bicyclic) bond motifs is 1. The molecule has 0 radical (unpaired) electrons. The van der Waals surface area contributed by atoms with Crippen LogP contribution < -0.4 is 5.73 Å². The number of nitrogens with two attached hydrogens (primary N) is 1. The predicted molar refractivity (Wildman–Crippen MR) is 81.0 cm³/mol. The van der Waals surface area contributed by atoms with Crippen molar-refractivity contribution in [2.45, 2.75) is 40.7 Å². The van der Waals surface area contributed by atoms with E-state index in [1.165, 1.54) is 11.1 Å². The second-order valence-electron chi connectivity index (χ2n) is 7.37. The lowest BCUT2D eigenvalue weighted by molar-refractivity contribution is -0.134. The highest BCUT2D eigenvalue weighted by molar-refractivity contribution is 5.84. The minimum absolute atomic E-state index is 0.111. The Labute approximate surface area is 121 Å². The Morgan fingerprint density at radius 3 is 2.50 bits per heavy atom. The van der Waals surface area contributed by atoms with Crippen molar-refractivity contribution in [3.63, 3.8) is 0 Å². The third-order valence-corrected chi connectivity index (χ3v) is 5.88. The van der Waals surface area contributed by atoms with Crippen LogP contribution in [0, 0.1) is 16.7 Å². The van der Waals surface area contributed by atoms with Crippen molar-refractivity contribution in [1.29, 1.82) is 0 Å². The number of carbonyl (C=O) groups is 1. The first-order valence-corrected chi connectivity index (χ1v) is 7.42. The summed E-state index contributed by atoms with van der Waals surface area (Å²) in [6, 6.07) is 6.02. The number of nitrogen functional groups attached to an aromatic ring is 1. The summed E-state index contributed by atoms with van der Waals surface area (Å²) in [6.45, 7) is 10.3. The van der Waals surface area contributed by atoms with E-state index in [0.29, 0.717) is 12.5 Å². The molecule has 1 aliphatic carbocycles. The summed E-state index contributed by atoms with van der Waals surface area (Å²) in [6.07, 6.45) is 0.876. The zero-order chi connectivity index (χ0) is 14.7. The third-order valence-electron chi connectivity index (χ3n) is 5.88. The normalized spacial score (nSPS) is 23.3. The molecule has 1 amide bonds. The molecule has 0 aromatic heterocycles. The number of carbonyl (C=O) groups excluding carboxylic acids is 1. The van der Waals surface area contributed by atoms with Gasteiger partial charge in [0.05, 0.1) is 0 Å². The zero-order valence-corrected chi connectivity index (χ0v) is 12.9. The summed E-state index contributed by atoms with van der Waals surface area (Å²) >= 11 is 0. The molecule has 1 fully saturated rings. The van der Waals surface area contributed by atoms with E-state index in [4.69, 9.17) is 5.73 Å². The summed E-state index contributed by atoms with van der Waals surface area (Å²) in [5.41, 5.74) is 9.54. The van der Waals surface area contributed by atoms with Crippen LogP contribution in [0.15, 0.2) is 18.2 Å². The Morgan fingerprint density at radius 1 is 1.25 bits per heavy atom. The first-order chi connectivity index (χ1) is 9.26. The van der Waals surface area contributed by atoms with Crippen LogP contribution in [-0.4, -0.2) is 17.4 Å². The smallest absolute Gasteiger partial charge is 0.227 e. The van der Waals surface area contributed by atoms with Gasteiger partial charge >= 0.3 is 0 Å². The molecule has 1 aromatic carbocycles. The largest absolute Gasteiger partial charge is 0.398 e. The number of rotatable bonds is 1. The molecule has 1 saturated carbocycles. The zero-order valence-electron chi connectivity index (χ0n) is 12.9. The molecule has 2 N–H and O–H groups in total. The molecule has 1 aliphatic heterocycles. The fourth-order valence-electron chi connectivity index (χ4n) is 3.82. The number of amides is 1. The quantitative estimate of drug-likeness (QED) is 0.799. The molecule has 0 spiro atoms. The standard InChI is InChI=1S/C17H24N2O/c1-16(2)14(17(16,3)4)15(20)19-9-8-12-11(10-19)6-5-7-13(12)18/h5-7,14H,8-10,18H2,1-4H3. The maximum absolute atomic E-state index is 12.8. The molecular weight excluding hydrogens is 248 g/mol. The third kappa shape index (κ3) is 1.68. The topological polar surface area (TPSA) is 46.3 Å². The Balaban J connectivity index is 1.80. The molecule has 2 aliphatic rings. The fourth-order valence-corrected chi connectivity index (χ4v) is 3.82. The van der Waals surface area contributed by atoms with Gasteiger partial charge in [0, 0.05) is 24.7 Å². The van der Waals surface area contributed by atoms with Crippen molar-refractivity contribution in [1.82, 2.24) is 4.90 Å². The van der Waals surface area contributed by atoms with Crippen molar-refractivity contribution in [3.8, 4) is 0 Å². The molecule has 3 heteroatoms. The van der Waals surface area contributed by atoms with Crippen LogP contribution in [0.3, 0.4) is 0 Å². The highest BCUT2D eigenvalue weighted by Gasteiger charge is 2.68. The van der Waals surface area contributed by atoms with Crippen LogP contribution in [0.4, 0.5) is 5.69 Å². The van der Waals surface area contributed by atoms with Gasteiger partial charge in [0.2, 0.25) is 5.91 Å². The number of hydrogen-bond acceptors (Lipinski definition) is 2.